The first-order valence-corrected chi connectivity index (χ1v) is 10.8. The fraction of sp³-hybridized carbons (Fsp3) is 0.609. The Bertz CT molecular complexity index is 645. The molecule has 3 rings (SSSR count). The van der Waals surface area contributed by atoms with Crippen LogP contribution in [0.2, 0.25) is 0 Å². The Morgan fingerprint density at radius 1 is 1.21 bits per heavy atom. The number of likely N-dealkylation sites (tertiary alicyclic amines) is 1. The van der Waals surface area contributed by atoms with Crippen molar-refractivity contribution >= 4 is 5.96 Å². The normalized spacial score (nSPS) is 20.4. The molecule has 1 atom stereocenters. The first-order chi connectivity index (χ1) is 13.7. The summed E-state index contributed by atoms with van der Waals surface area (Å²) >= 11 is 0. The fourth-order valence-corrected chi connectivity index (χ4v) is 3.76. The molecule has 5 nitrogen and oxygen atoms in total. The van der Waals surface area contributed by atoms with Crippen LogP contribution >= 0.6 is 0 Å². The average Bonchev–Trinajstić information content (AvgIpc) is 3.38. The molecule has 2 heterocycles. The number of hydrogen-bond acceptors (Lipinski definition) is 3. The summed E-state index contributed by atoms with van der Waals surface area (Å²) in [6.07, 6.45) is 6.73. The Morgan fingerprint density at radius 3 is 2.64 bits per heavy atom. The highest BCUT2D eigenvalue weighted by molar-refractivity contribution is 5.80. The van der Waals surface area contributed by atoms with Gasteiger partial charge in [-0.15, -0.1) is 0 Å². The smallest absolute Gasteiger partial charge is 0.193 e. The number of ether oxygens (including phenoxy) is 1. The Balaban J connectivity index is 1.49. The SMILES string of the molecule is CCNC(=NCCc1ccc(OCC(C)C)cc1)N1CCC(N2CC=CC2)C1. The molecule has 1 aromatic carbocycles. The summed E-state index contributed by atoms with van der Waals surface area (Å²) in [5, 5.41) is 3.48. The first-order valence-electron chi connectivity index (χ1n) is 10.8. The van der Waals surface area contributed by atoms with Gasteiger partial charge in [-0.1, -0.05) is 38.1 Å². The molecule has 2 aliphatic heterocycles. The van der Waals surface area contributed by atoms with Crippen LogP contribution in [-0.4, -0.2) is 67.7 Å². The van der Waals surface area contributed by atoms with Crippen molar-refractivity contribution in [2.24, 2.45) is 10.9 Å². The van der Waals surface area contributed by atoms with Gasteiger partial charge in [0.15, 0.2) is 5.96 Å². The van der Waals surface area contributed by atoms with E-state index in [1.54, 1.807) is 0 Å². The standard InChI is InChI=1S/C23H36N4O/c1-4-24-23(27-16-12-21(17-27)26-14-5-6-15-26)25-13-11-20-7-9-22(10-8-20)28-18-19(2)3/h5-10,19,21H,4,11-18H2,1-3H3,(H,24,25). The molecule has 1 fully saturated rings. The molecule has 5 heteroatoms. The minimum absolute atomic E-state index is 0.547. The topological polar surface area (TPSA) is 40.1 Å². The molecule has 1 unspecified atom stereocenters. The zero-order chi connectivity index (χ0) is 19.8. The zero-order valence-electron chi connectivity index (χ0n) is 17.7. The molecule has 0 saturated carbocycles. The van der Waals surface area contributed by atoms with Crippen LogP contribution in [0.4, 0.5) is 0 Å². The molecule has 2 aliphatic rings. The molecule has 0 aliphatic carbocycles. The van der Waals surface area contributed by atoms with Crippen molar-refractivity contribution in [2.45, 2.75) is 39.7 Å². The van der Waals surface area contributed by atoms with Crippen molar-refractivity contribution in [2.75, 3.05) is 45.9 Å². The fourth-order valence-electron chi connectivity index (χ4n) is 3.76. The summed E-state index contributed by atoms with van der Waals surface area (Å²) in [7, 11) is 0. The van der Waals surface area contributed by atoms with Gasteiger partial charge >= 0.3 is 0 Å². The number of rotatable bonds is 8. The lowest BCUT2D eigenvalue weighted by atomic mass is 10.1. The molecule has 0 bridgehead atoms. The first kappa shape index (κ1) is 20.7. The number of benzene rings is 1. The van der Waals surface area contributed by atoms with E-state index in [-0.39, 0.29) is 0 Å². The van der Waals surface area contributed by atoms with E-state index < -0.39 is 0 Å². The van der Waals surface area contributed by atoms with Crippen LogP contribution in [0.15, 0.2) is 41.4 Å². The van der Waals surface area contributed by atoms with E-state index in [2.05, 4.69) is 72.3 Å². The largest absolute Gasteiger partial charge is 0.493 e. The molecule has 0 spiro atoms. The van der Waals surface area contributed by atoms with Crippen LogP contribution in [0.5, 0.6) is 5.75 Å². The minimum atomic E-state index is 0.547. The highest BCUT2D eigenvalue weighted by Gasteiger charge is 2.29. The Morgan fingerprint density at radius 2 is 1.96 bits per heavy atom. The van der Waals surface area contributed by atoms with Crippen molar-refractivity contribution in [1.29, 1.82) is 0 Å². The Kier molecular flexibility index (Phi) is 7.78. The highest BCUT2D eigenvalue weighted by Crippen LogP contribution is 2.18. The van der Waals surface area contributed by atoms with E-state index in [4.69, 9.17) is 9.73 Å². The predicted octanol–water partition coefficient (Wildman–Crippen LogP) is 3.18. The van der Waals surface area contributed by atoms with Crippen LogP contribution in [0.3, 0.4) is 0 Å². The van der Waals surface area contributed by atoms with E-state index in [0.29, 0.717) is 12.0 Å². The molecule has 0 amide bonds. The molecule has 154 valence electrons. The third-order valence-corrected chi connectivity index (χ3v) is 5.33. The van der Waals surface area contributed by atoms with Crippen molar-refractivity contribution in [1.82, 2.24) is 15.1 Å². The van der Waals surface area contributed by atoms with Gasteiger partial charge in [0.1, 0.15) is 5.75 Å². The summed E-state index contributed by atoms with van der Waals surface area (Å²) in [5.74, 6) is 2.56. The summed E-state index contributed by atoms with van der Waals surface area (Å²) in [4.78, 5) is 9.89. The van der Waals surface area contributed by atoms with Gasteiger partial charge in [-0.2, -0.15) is 0 Å². The summed E-state index contributed by atoms with van der Waals surface area (Å²) in [6.45, 7) is 13.3. The van der Waals surface area contributed by atoms with Gasteiger partial charge in [0.2, 0.25) is 0 Å². The van der Waals surface area contributed by atoms with E-state index in [1.165, 1.54) is 12.0 Å². The third-order valence-electron chi connectivity index (χ3n) is 5.33. The predicted molar refractivity (Wildman–Crippen MR) is 117 cm³/mol. The zero-order valence-corrected chi connectivity index (χ0v) is 17.7. The Labute approximate surface area is 170 Å². The van der Waals surface area contributed by atoms with Crippen LogP contribution in [0.1, 0.15) is 32.8 Å². The summed E-state index contributed by atoms with van der Waals surface area (Å²) < 4.78 is 5.76. The molecule has 28 heavy (non-hydrogen) atoms. The lowest BCUT2D eigenvalue weighted by Gasteiger charge is -2.25. The molecular formula is C23H36N4O. The van der Waals surface area contributed by atoms with E-state index in [9.17, 15) is 0 Å². The highest BCUT2D eigenvalue weighted by atomic mass is 16.5. The quantitative estimate of drug-likeness (QED) is 0.425. The number of aliphatic imine (C=N–C) groups is 1. The molecule has 1 N–H and O–H groups in total. The van der Waals surface area contributed by atoms with E-state index in [1.807, 2.05) is 0 Å². The van der Waals surface area contributed by atoms with Crippen molar-refractivity contribution in [3.8, 4) is 5.75 Å². The van der Waals surface area contributed by atoms with Gasteiger partial charge in [-0.05, 0) is 43.4 Å². The number of nitrogens with zero attached hydrogens (tertiary/aromatic N) is 3. The second-order valence-electron chi connectivity index (χ2n) is 8.15. The summed E-state index contributed by atoms with van der Waals surface area (Å²) in [6, 6.07) is 9.11. The molecular weight excluding hydrogens is 348 g/mol. The van der Waals surface area contributed by atoms with Crippen LogP contribution in [0.25, 0.3) is 0 Å². The second kappa shape index (κ2) is 10.5. The van der Waals surface area contributed by atoms with Gasteiger partial charge in [-0.3, -0.25) is 9.89 Å². The minimum Gasteiger partial charge on any atom is -0.493 e. The number of nitrogens with one attached hydrogen (secondary N) is 1. The van der Waals surface area contributed by atoms with Crippen molar-refractivity contribution in [3.05, 3.63) is 42.0 Å². The maximum Gasteiger partial charge on any atom is 0.193 e. The second-order valence-corrected chi connectivity index (χ2v) is 8.15. The lowest BCUT2D eigenvalue weighted by Crippen LogP contribution is -2.43. The van der Waals surface area contributed by atoms with Gasteiger partial charge in [-0.25, -0.2) is 0 Å². The van der Waals surface area contributed by atoms with Crippen LogP contribution < -0.4 is 10.1 Å². The van der Waals surface area contributed by atoms with Crippen molar-refractivity contribution < 1.29 is 4.74 Å². The van der Waals surface area contributed by atoms with Gasteiger partial charge in [0.25, 0.3) is 0 Å². The average molecular weight is 385 g/mol. The van der Waals surface area contributed by atoms with Gasteiger partial charge < -0.3 is 15.0 Å². The lowest BCUT2D eigenvalue weighted by molar-refractivity contribution is 0.259. The third kappa shape index (κ3) is 5.99. The van der Waals surface area contributed by atoms with Gasteiger partial charge in [0.05, 0.1) is 6.61 Å². The van der Waals surface area contributed by atoms with Crippen molar-refractivity contribution in [3.63, 3.8) is 0 Å². The monoisotopic (exact) mass is 384 g/mol. The molecule has 0 aromatic heterocycles. The molecule has 1 aromatic rings. The van der Waals surface area contributed by atoms with Crippen LogP contribution in [-0.2, 0) is 6.42 Å². The number of hydrogen-bond donors (Lipinski definition) is 1. The molecule has 0 radical (unpaired) electrons. The summed E-state index contributed by atoms with van der Waals surface area (Å²) in [5.41, 5.74) is 1.30. The van der Waals surface area contributed by atoms with E-state index in [0.717, 1.165) is 64.0 Å². The number of guanidine groups is 1. The maximum atomic E-state index is 5.76. The van der Waals surface area contributed by atoms with Gasteiger partial charge in [0, 0.05) is 45.3 Å². The Hall–Kier alpha value is -2.01. The maximum absolute atomic E-state index is 5.76. The van der Waals surface area contributed by atoms with Crippen LogP contribution in [0, 0.1) is 5.92 Å². The van der Waals surface area contributed by atoms with E-state index >= 15 is 0 Å². The molecule has 1 saturated heterocycles.